The van der Waals surface area contributed by atoms with E-state index in [1.165, 1.54) is 0 Å². The fraction of sp³-hybridized carbons (Fsp3) is 0.562. The molecule has 2 rings (SSSR count). The number of nitrogens with zero attached hydrogens (tertiary/aromatic N) is 2. The first-order chi connectivity index (χ1) is 9.78. The zero-order valence-electron chi connectivity index (χ0n) is 12.0. The summed E-state index contributed by atoms with van der Waals surface area (Å²) in [5.74, 6) is 0.866. The molecule has 1 aromatic rings. The van der Waals surface area contributed by atoms with Crippen LogP contribution in [0.25, 0.3) is 0 Å². The number of ether oxygens (including phenoxy) is 2. The Hall–Kier alpha value is -1.57. The van der Waals surface area contributed by atoms with Gasteiger partial charge in [-0.25, -0.2) is 0 Å². The average Bonchev–Trinajstić information content (AvgIpc) is 2.65. The topological polar surface area (TPSA) is 45.5 Å². The first kappa shape index (κ1) is 14.8. The molecule has 1 aliphatic heterocycles. The van der Waals surface area contributed by atoms with E-state index >= 15 is 0 Å². The second kappa shape index (κ2) is 7.88. The zero-order valence-corrected chi connectivity index (χ0v) is 12.0. The molecular formula is C16H22N2O2. The van der Waals surface area contributed by atoms with Crippen LogP contribution in [0.15, 0.2) is 24.3 Å². The average molecular weight is 274 g/mol. The van der Waals surface area contributed by atoms with Gasteiger partial charge in [0, 0.05) is 26.2 Å². The van der Waals surface area contributed by atoms with Crippen molar-refractivity contribution < 1.29 is 9.47 Å². The van der Waals surface area contributed by atoms with Gasteiger partial charge < -0.3 is 9.47 Å². The van der Waals surface area contributed by atoms with Crippen molar-refractivity contribution in [2.45, 2.75) is 25.9 Å². The molecule has 1 unspecified atom stereocenters. The van der Waals surface area contributed by atoms with Crippen LogP contribution in [-0.4, -0.2) is 43.9 Å². The van der Waals surface area contributed by atoms with E-state index in [4.69, 9.17) is 14.7 Å². The van der Waals surface area contributed by atoms with Crippen molar-refractivity contribution in [2.24, 2.45) is 0 Å². The SMILES string of the molecule is CC1CN(CCOc2ccc(CC#N)cc2)CCCO1. The summed E-state index contributed by atoms with van der Waals surface area (Å²) in [5.41, 5.74) is 1.03. The Morgan fingerprint density at radius 3 is 2.95 bits per heavy atom. The molecule has 1 aliphatic rings. The van der Waals surface area contributed by atoms with Gasteiger partial charge in [0.25, 0.3) is 0 Å². The lowest BCUT2D eigenvalue weighted by Gasteiger charge is -2.21. The molecule has 4 heteroatoms. The van der Waals surface area contributed by atoms with Crippen molar-refractivity contribution >= 4 is 0 Å². The van der Waals surface area contributed by atoms with Crippen LogP contribution in [-0.2, 0) is 11.2 Å². The van der Waals surface area contributed by atoms with E-state index in [0.29, 0.717) is 19.1 Å². The molecule has 0 aromatic heterocycles. The summed E-state index contributed by atoms with van der Waals surface area (Å²) in [6.07, 6.45) is 1.85. The van der Waals surface area contributed by atoms with Crippen molar-refractivity contribution in [3.63, 3.8) is 0 Å². The van der Waals surface area contributed by atoms with Crippen molar-refractivity contribution in [1.82, 2.24) is 4.90 Å². The van der Waals surface area contributed by atoms with Gasteiger partial charge in [0.05, 0.1) is 18.6 Å². The third-order valence-electron chi connectivity index (χ3n) is 3.42. The van der Waals surface area contributed by atoms with E-state index in [2.05, 4.69) is 17.9 Å². The van der Waals surface area contributed by atoms with E-state index in [-0.39, 0.29) is 0 Å². The lowest BCUT2D eigenvalue weighted by molar-refractivity contribution is 0.0658. The summed E-state index contributed by atoms with van der Waals surface area (Å²) in [5, 5.41) is 8.62. The summed E-state index contributed by atoms with van der Waals surface area (Å²) >= 11 is 0. The van der Waals surface area contributed by atoms with Crippen LogP contribution < -0.4 is 4.74 Å². The summed E-state index contributed by atoms with van der Waals surface area (Å²) in [6.45, 7) is 6.64. The fourth-order valence-electron chi connectivity index (χ4n) is 2.37. The molecule has 1 aromatic carbocycles. The summed E-state index contributed by atoms with van der Waals surface area (Å²) in [4.78, 5) is 2.39. The Labute approximate surface area is 120 Å². The minimum atomic E-state index is 0.308. The van der Waals surface area contributed by atoms with E-state index in [1.807, 2.05) is 24.3 Å². The first-order valence-electron chi connectivity index (χ1n) is 7.20. The van der Waals surface area contributed by atoms with Gasteiger partial charge >= 0.3 is 0 Å². The molecule has 1 fully saturated rings. The van der Waals surface area contributed by atoms with Crippen LogP contribution in [0.4, 0.5) is 0 Å². The Kier molecular flexibility index (Phi) is 5.85. The van der Waals surface area contributed by atoms with Crippen LogP contribution in [0, 0.1) is 11.3 Å². The second-order valence-electron chi connectivity index (χ2n) is 5.16. The van der Waals surface area contributed by atoms with Gasteiger partial charge in [-0.3, -0.25) is 4.90 Å². The van der Waals surface area contributed by atoms with Gasteiger partial charge in [0.1, 0.15) is 12.4 Å². The van der Waals surface area contributed by atoms with Crippen LogP contribution >= 0.6 is 0 Å². The number of rotatable bonds is 5. The number of nitriles is 1. The van der Waals surface area contributed by atoms with Gasteiger partial charge in [-0.15, -0.1) is 0 Å². The Morgan fingerprint density at radius 1 is 1.40 bits per heavy atom. The Balaban J connectivity index is 1.73. The molecule has 0 bridgehead atoms. The summed E-state index contributed by atoms with van der Waals surface area (Å²) in [7, 11) is 0. The van der Waals surface area contributed by atoms with Gasteiger partial charge in [-0.2, -0.15) is 5.26 Å². The molecule has 1 heterocycles. The summed E-state index contributed by atoms with van der Waals surface area (Å²) < 4.78 is 11.4. The molecule has 108 valence electrons. The van der Waals surface area contributed by atoms with E-state index in [1.54, 1.807) is 0 Å². The smallest absolute Gasteiger partial charge is 0.119 e. The van der Waals surface area contributed by atoms with Crippen LogP contribution in [0.1, 0.15) is 18.9 Å². The minimum absolute atomic E-state index is 0.308. The molecule has 20 heavy (non-hydrogen) atoms. The fourth-order valence-corrected chi connectivity index (χ4v) is 2.37. The highest BCUT2D eigenvalue weighted by atomic mass is 16.5. The van der Waals surface area contributed by atoms with Gasteiger partial charge in [0.2, 0.25) is 0 Å². The number of hydrogen-bond donors (Lipinski definition) is 0. The van der Waals surface area contributed by atoms with Crippen molar-refractivity contribution in [2.75, 3.05) is 32.8 Å². The highest BCUT2D eigenvalue weighted by molar-refractivity contribution is 5.28. The van der Waals surface area contributed by atoms with Gasteiger partial charge in [-0.1, -0.05) is 12.1 Å². The maximum Gasteiger partial charge on any atom is 0.119 e. The maximum atomic E-state index is 8.62. The number of hydrogen-bond acceptors (Lipinski definition) is 4. The van der Waals surface area contributed by atoms with Crippen molar-refractivity contribution in [3.8, 4) is 11.8 Å². The highest BCUT2D eigenvalue weighted by Gasteiger charge is 2.14. The molecule has 1 atom stereocenters. The predicted molar refractivity (Wildman–Crippen MR) is 77.7 cm³/mol. The van der Waals surface area contributed by atoms with Crippen molar-refractivity contribution in [1.29, 1.82) is 5.26 Å². The largest absolute Gasteiger partial charge is 0.492 e. The third-order valence-corrected chi connectivity index (χ3v) is 3.42. The van der Waals surface area contributed by atoms with E-state index in [0.717, 1.165) is 44.0 Å². The lowest BCUT2D eigenvalue weighted by atomic mass is 10.2. The third kappa shape index (κ3) is 4.84. The molecule has 0 spiro atoms. The molecule has 0 amide bonds. The molecule has 0 saturated carbocycles. The normalized spacial score (nSPS) is 20.1. The monoisotopic (exact) mass is 274 g/mol. The molecule has 4 nitrogen and oxygen atoms in total. The molecular weight excluding hydrogens is 252 g/mol. The molecule has 0 radical (unpaired) electrons. The lowest BCUT2D eigenvalue weighted by Crippen LogP contribution is -2.33. The Morgan fingerprint density at radius 2 is 2.20 bits per heavy atom. The number of benzene rings is 1. The highest BCUT2D eigenvalue weighted by Crippen LogP contribution is 2.13. The predicted octanol–water partition coefficient (Wildman–Crippen LogP) is 2.24. The summed E-state index contributed by atoms with van der Waals surface area (Å²) in [6, 6.07) is 9.89. The first-order valence-corrected chi connectivity index (χ1v) is 7.20. The van der Waals surface area contributed by atoms with Crippen molar-refractivity contribution in [3.05, 3.63) is 29.8 Å². The standard InChI is InChI=1S/C16H22N2O2/c1-14-13-18(9-2-11-19-14)10-12-20-16-5-3-15(4-6-16)7-8-17/h3-6,14H,2,7,9-13H2,1H3. The van der Waals surface area contributed by atoms with Crippen LogP contribution in [0.2, 0.25) is 0 Å². The quantitative estimate of drug-likeness (QED) is 0.826. The zero-order chi connectivity index (χ0) is 14.2. The van der Waals surface area contributed by atoms with Gasteiger partial charge in [-0.05, 0) is 31.0 Å². The van der Waals surface area contributed by atoms with Gasteiger partial charge in [0.15, 0.2) is 0 Å². The van der Waals surface area contributed by atoms with Crippen LogP contribution in [0.3, 0.4) is 0 Å². The van der Waals surface area contributed by atoms with E-state index in [9.17, 15) is 0 Å². The molecule has 1 saturated heterocycles. The van der Waals surface area contributed by atoms with Crippen LogP contribution in [0.5, 0.6) is 5.75 Å². The molecule has 0 aliphatic carbocycles. The molecule has 0 N–H and O–H groups in total. The Bertz CT molecular complexity index is 439. The van der Waals surface area contributed by atoms with E-state index < -0.39 is 0 Å². The second-order valence-corrected chi connectivity index (χ2v) is 5.16. The minimum Gasteiger partial charge on any atom is -0.492 e. The maximum absolute atomic E-state index is 8.62.